The second kappa shape index (κ2) is 4.46. The standard InChI is InChI=1S/C9HClF9/c10-6-4(8(14,15)16)2-1-3(7(11,12)13)5(6)9(17,18)19/h1H. The van der Waals surface area contributed by atoms with Crippen LogP contribution < -0.4 is 0 Å². The molecule has 1 radical (unpaired) electrons. The Morgan fingerprint density at radius 3 is 1.58 bits per heavy atom. The molecule has 0 spiro atoms. The molecule has 107 valence electrons. The first-order valence-electron chi connectivity index (χ1n) is 4.22. The van der Waals surface area contributed by atoms with Crippen molar-refractivity contribution in [2.75, 3.05) is 0 Å². The molecule has 0 aliphatic rings. The quantitative estimate of drug-likeness (QED) is 0.577. The van der Waals surface area contributed by atoms with Crippen LogP contribution in [0.3, 0.4) is 0 Å². The molecule has 0 heterocycles. The fraction of sp³-hybridized carbons (Fsp3) is 0.333. The highest BCUT2D eigenvalue weighted by Crippen LogP contribution is 2.47. The van der Waals surface area contributed by atoms with Gasteiger partial charge in [0.2, 0.25) is 0 Å². The van der Waals surface area contributed by atoms with Gasteiger partial charge in [0.25, 0.3) is 0 Å². The van der Waals surface area contributed by atoms with Crippen LogP contribution in [0.5, 0.6) is 0 Å². The maximum atomic E-state index is 12.4. The van der Waals surface area contributed by atoms with E-state index in [9.17, 15) is 39.5 Å². The minimum absolute atomic E-state index is 0.419. The topological polar surface area (TPSA) is 0 Å². The van der Waals surface area contributed by atoms with E-state index in [1.165, 1.54) is 0 Å². The molecular formula is C9HClF9. The molecule has 0 aliphatic carbocycles. The fourth-order valence-electron chi connectivity index (χ4n) is 1.23. The molecule has 1 aromatic rings. The smallest absolute Gasteiger partial charge is 0.166 e. The highest BCUT2D eigenvalue weighted by Gasteiger charge is 2.48. The summed E-state index contributed by atoms with van der Waals surface area (Å²) < 4.78 is 111. The summed E-state index contributed by atoms with van der Waals surface area (Å²) in [6, 6.07) is 0.668. The first kappa shape index (κ1) is 15.9. The van der Waals surface area contributed by atoms with Crippen molar-refractivity contribution < 1.29 is 39.5 Å². The van der Waals surface area contributed by atoms with Gasteiger partial charge in [-0.05, 0) is 12.1 Å². The van der Waals surface area contributed by atoms with E-state index in [1.54, 1.807) is 0 Å². The Balaban J connectivity index is 3.71. The lowest BCUT2D eigenvalue weighted by Gasteiger charge is -2.19. The van der Waals surface area contributed by atoms with Gasteiger partial charge in [0.05, 0.1) is 21.7 Å². The van der Waals surface area contributed by atoms with E-state index in [0.717, 1.165) is 6.07 Å². The Hall–Kier alpha value is -1.12. The highest BCUT2D eigenvalue weighted by molar-refractivity contribution is 6.32. The first-order valence-corrected chi connectivity index (χ1v) is 4.60. The van der Waals surface area contributed by atoms with E-state index in [2.05, 4.69) is 0 Å². The number of halogens is 10. The minimum Gasteiger partial charge on any atom is -0.166 e. The summed E-state index contributed by atoms with van der Waals surface area (Å²) in [4.78, 5) is 0. The van der Waals surface area contributed by atoms with E-state index in [4.69, 9.17) is 11.6 Å². The van der Waals surface area contributed by atoms with Gasteiger partial charge in [0.15, 0.2) is 0 Å². The van der Waals surface area contributed by atoms with Crippen LogP contribution in [-0.2, 0) is 18.5 Å². The van der Waals surface area contributed by atoms with Crippen molar-refractivity contribution in [3.05, 3.63) is 33.8 Å². The van der Waals surface area contributed by atoms with Crippen LogP contribution in [0, 0.1) is 6.07 Å². The summed E-state index contributed by atoms with van der Waals surface area (Å²) in [5.74, 6) is 0. The Labute approximate surface area is 104 Å². The van der Waals surface area contributed by atoms with Crippen molar-refractivity contribution in [3.8, 4) is 0 Å². The molecule has 0 saturated carbocycles. The summed E-state index contributed by atoms with van der Waals surface area (Å²) in [6.45, 7) is 0. The lowest BCUT2D eigenvalue weighted by atomic mass is 10.0. The van der Waals surface area contributed by atoms with Crippen LogP contribution in [0.25, 0.3) is 0 Å². The molecule has 0 N–H and O–H groups in total. The summed E-state index contributed by atoms with van der Waals surface area (Å²) >= 11 is 4.82. The fourth-order valence-corrected chi connectivity index (χ4v) is 1.60. The second-order valence-electron chi connectivity index (χ2n) is 3.26. The summed E-state index contributed by atoms with van der Waals surface area (Å²) in [7, 11) is 0. The normalized spacial score (nSPS) is 13.8. The third-order valence-corrected chi connectivity index (χ3v) is 2.32. The molecule has 1 aromatic carbocycles. The third-order valence-electron chi connectivity index (χ3n) is 1.94. The van der Waals surface area contributed by atoms with E-state index in [0.29, 0.717) is 0 Å². The number of benzene rings is 1. The number of hydrogen-bond donors (Lipinski definition) is 0. The zero-order chi connectivity index (χ0) is 15.2. The molecule has 0 aromatic heterocycles. The molecule has 0 atom stereocenters. The molecule has 0 amide bonds. The largest absolute Gasteiger partial charge is 0.418 e. The van der Waals surface area contributed by atoms with Crippen LogP contribution >= 0.6 is 11.6 Å². The monoisotopic (exact) mass is 315 g/mol. The van der Waals surface area contributed by atoms with Crippen LogP contribution in [0.1, 0.15) is 16.7 Å². The van der Waals surface area contributed by atoms with E-state index < -0.39 is 46.3 Å². The van der Waals surface area contributed by atoms with Gasteiger partial charge in [-0.3, -0.25) is 0 Å². The summed E-state index contributed by atoms with van der Waals surface area (Å²) in [6.07, 6.45) is -16.5. The van der Waals surface area contributed by atoms with E-state index >= 15 is 0 Å². The molecule has 19 heavy (non-hydrogen) atoms. The van der Waals surface area contributed by atoms with Crippen molar-refractivity contribution in [2.24, 2.45) is 0 Å². The molecule has 0 unspecified atom stereocenters. The van der Waals surface area contributed by atoms with Gasteiger partial charge in [0.1, 0.15) is 0 Å². The predicted octanol–water partition coefficient (Wildman–Crippen LogP) is 5.20. The Morgan fingerprint density at radius 2 is 1.26 bits per heavy atom. The van der Waals surface area contributed by atoms with Crippen molar-refractivity contribution >= 4 is 11.6 Å². The lowest BCUT2D eigenvalue weighted by Crippen LogP contribution is -2.20. The van der Waals surface area contributed by atoms with Crippen molar-refractivity contribution in [2.45, 2.75) is 18.5 Å². The van der Waals surface area contributed by atoms with Gasteiger partial charge in [-0.25, -0.2) is 0 Å². The molecule has 0 saturated heterocycles. The minimum atomic E-state index is -5.68. The van der Waals surface area contributed by atoms with Gasteiger partial charge in [-0.2, -0.15) is 39.5 Å². The number of hydrogen-bond acceptors (Lipinski definition) is 0. The van der Waals surface area contributed by atoms with Gasteiger partial charge < -0.3 is 0 Å². The molecular weight excluding hydrogens is 315 g/mol. The average molecular weight is 316 g/mol. The number of alkyl halides is 9. The molecule has 1 rings (SSSR count). The highest BCUT2D eigenvalue weighted by atomic mass is 35.5. The zero-order valence-electron chi connectivity index (χ0n) is 8.36. The second-order valence-corrected chi connectivity index (χ2v) is 3.64. The van der Waals surface area contributed by atoms with Gasteiger partial charge in [-0.15, -0.1) is 0 Å². The van der Waals surface area contributed by atoms with Crippen molar-refractivity contribution in [1.82, 2.24) is 0 Å². The SMILES string of the molecule is FC(F)(F)c1[c]cc(C(F)(F)F)c(C(F)(F)F)c1Cl. The Morgan fingerprint density at radius 1 is 0.789 bits per heavy atom. The molecule has 0 nitrogen and oxygen atoms in total. The van der Waals surface area contributed by atoms with E-state index in [-0.39, 0.29) is 0 Å². The molecule has 0 bridgehead atoms. The average Bonchev–Trinajstić information content (AvgIpc) is 2.11. The summed E-state index contributed by atoms with van der Waals surface area (Å²) in [5.41, 5.74) is -7.00. The number of rotatable bonds is 0. The Kier molecular flexibility index (Phi) is 3.74. The molecule has 0 fully saturated rings. The van der Waals surface area contributed by atoms with Crippen LogP contribution in [0.4, 0.5) is 39.5 Å². The maximum Gasteiger partial charge on any atom is 0.418 e. The summed E-state index contributed by atoms with van der Waals surface area (Å²) in [5, 5.41) is -2.07. The van der Waals surface area contributed by atoms with Gasteiger partial charge in [0, 0.05) is 0 Å². The zero-order valence-corrected chi connectivity index (χ0v) is 9.11. The third kappa shape index (κ3) is 3.26. The first-order chi connectivity index (χ1) is 8.26. The van der Waals surface area contributed by atoms with Crippen LogP contribution in [-0.4, -0.2) is 0 Å². The van der Waals surface area contributed by atoms with Crippen molar-refractivity contribution in [1.29, 1.82) is 0 Å². The Bertz CT molecular complexity index is 480. The van der Waals surface area contributed by atoms with Gasteiger partial charge in [-0.1, -0.05) is 11.6 Å². The van der Waals surface area contributed by atoms with E-state index in [1.807, 2.05) is 0 Å². The maximum absolute atomic E-state index is 12.4. The van der Waals surface area contributed by atoms with Crippen LogP contribution in [0.2, 0.25) is 5.02 Å². The molecule has 10 heteroatoms. The lowest BCUT2D eigenvalue weighted by molar-refractivity contribution is -0.163. The molecule has 0 aliphatic heterocycles. The van der Waals surface area contributed by atoms with Gasteiger partial charge >= 0.3 is 18.5 Å². The van der Waals surface area contributed by atoms with Crippen LogP contribution in [0.15, 0.2) is 6.07 Å². The predicted molar refractivity (Wildman–Crippen MR) is 45.3 cm³/mol. The van der Waals surface area contributed by atoms with Crippen molar-refractivity contribution in [3.63, 3.8) is 0 Å².